The normalized spacial score (nSPS) is 12.8. The minimum Gasteiger partial charge on any atom is -0.497 e. The summed E-state index contributed by atoms with van der Waals surface area (Å²) in [5, 5.41) is 6.64. The summed E-state index contributed by atoms with van der Waals surface area (Å²) < 4.78 is 11.0. The molecule has 0 saturated heterocycles. The molecule has 0 aliphatic rings. The minimum absolute atomic E-state index is 0.0481. The molecule has 1 aromatic heterocycles. The zero-order valence-corrected chi connectivity index (χ0v) is 17.5. The molecule has 0 aliphatic heterocycles. The number of methoxy groups -OCH3 is 1. The van der Waals surface area contributed by atoms with Crippen LogP contribution in [-0.4, -0.2) is 31.6 Å². The molecule has 2 N–H and O–H groups in total. The van der Waals surface area contributed by atoms with Gasteiger partial charge in [0.2, 0.25) is 5.89 Å². The molecule has 2 aromatic rings. The van der Waals surface area contributed by atoms with Gasteiger partial charge in [-0.1, -0.05) is 46.8 Å². The highest BCUT2D eigenvalue weighted by Gasteiger charge is 2.22. The smallest absolute Gasteiger partial charge is 0.213 e. The molecule has 1 heterocycles. The van der Waals surface area contributed by atoms with Crippen molar-refractivity contribution in [2.75, 3.05) is 20.7 Å². The maximum absolute atomic E-state index is 5.81. The Hall–Kier alpha value is -2.50. The second kappa shape index (κ2) is 8.46. The van der Waals surface area contributed by atoms with Crippen LogP contribution in [0.5, 0.6) is 5.75 Å². The van der Waals surface area contributed by atoms with Gasteiger partial charge in [-0.3, -0.25) is 4.99 Å². The maximum atomic E-state index is 5.81. The number of aromatic nitrogens is 1. The molecule has 0 spiro atoms. The molecule has 0 radical (unpaired) electrons. The number of hydrogen-bond donors (Lipinski definition) is 2. The average molecular weight is 373 g/mol. The van der Waals surface area contributed by atoms with Crippen LogP contribution in [0.15, 0.2) is 39.9 Å². The summed E-state index contributed by atoms with van der Waals surface area (Å²) in [6.07, 6.45) is 1.79. The lowest BCUT2D eigenvalue weighted by atomic mass is 9.84. The zero-order valence-electron chi connectivity index (χ0n) is 17.5. The Kier molecular flexibility index (Phi) is 6.52. The van der Waals surface area contributed by atoms with Crippen LogP contribution in [-0.2, 0) is 17.4 Å². The van der Waals surface area contributed by atoms with Gasteiger partial charge in [0.25, 0.3) is 0 Å². The van der Waals surface area contributed by atoms with E-state index in [1.54, 1.807) is 20.4 Å². The molecule has 27 heavy (non-hydrogen) atoms. The first-order chi connectivity index (χ1) is 12.7. The number of hydrogen-bond acceptors (Lipinski definition) is 4. The topological polar surface area (TPSA) is 71.7 Å². The number of ether oxygens (including phenoxy) is 1. The lowest BCUT2D eigenvalue weighted by Crippen LogP contribution is -2.43. The molecule has 0 unspecified atom stereocenters. The van der Waals surface area contributed by atoms with Crippen LogP contribution >= 0.6 is 0 Å². The van der Waals surface area contributed by atoms with Crippen molar-refractivity contribution in [2.24, 2.45) is 4.99 Å². The second-order valence-corrected chi connectivity index (χ2v) is 8.26. The van der Waals surface area contributed by atoms with E-state index in [9.17, 15) is 0 Å². The molecule has 0 amide bonds. The van der Waals surface area contributed by atoms with E-state index >= 15 is 0 Å². The SMILES string of the molecule is CN=C(NCc1ncc(C(C)(C)C)o1)NCC(C)(C)c1ccc(OC)cc1. The van der Waals surface area contributed by atoms with Gasteiger partial charge in [0.15, 0.2) is 5.96 Å². The van der Waals surface area contributed by atoms with Crippen LogP contribution in [0.4, 0.5) is 0 Å². The van der Waals surface area contributed by atoms with E-state index in [1.807, 2.05) is 12.1 Å². The van der Waals surface area contributed by atoms with Crippen molar-refractivity contribution in [3.8, 4) is 5.75 Å². The third-order valence-electron chi connectivity index (χ3n) is 4.49. The molecular weight excluding hydrogens is 340 g/mol. The first-order valence-electron chi connectivity index (χ1n) is 9.20. The van der Waals surface area contributed by atoms with Crippen LogP contribution in [0.1, 0.15) is 51.8 Å². The third-order valence-corrected chi connectivity index (χ3v) is 4.49. The van der Waals surface area contributed by atoms with E-state index in [2.05, 4.69) is 67.4 Å². The number of oxazole rings is 1. The molecule has 0 atom stereocenters. The predicted octanol–water partition coefficient (Wildman–Crippen LogP) is 3.62. The summed E-state index contributed by atoms with van der Waals surface area (Å²) >= 11 is 0. The van der Waals surface area contributed by atoms with E-state index in [1.165, 1.54) is 5.56 Å². The fourth-order valence-electron chi connectivity index (χ4n) is 2.57. The quantitative estimate of drug-likeness (QED) is 0.598. The third kappa shape index (κ3) is 5.74. The Morgan fingerprint density at radius 3 is 2.30 bits per heavy atom. The average Bonchev–Trinajstić information content (AvgIpc) is 3.11. The molecule has 0 fully saturated rings. The fourth-order valence-corrected chi connectivity index (χ4v) is 2.57. The van der Waals surface area contributed by atoms with Crippen molar-refractivity contribution >= 4 is 5.96 Å². The number of aliphatic imine (C=N–C) groups is 1. The Labute approximate surface area is 162 Å². The lowest BCUT2D eigenvalue weighted by molar-refractivity contribution is 0.379. The number of nitrogens with zero attached hydrogens (tertiary/aromatic N) is 2. The molecule has 1 aromatic carbocycles. The summed E-state index contributed by atoms with van der Waals surface area (Å²) in [5.74, 6) is 3.10. The monoisotopic (exact) mass is 372 g/mol. The molecule has 6 heteroatoms. The zero-order chi connectivity index (χ0) is 20.1. The Morgan fingerprint density at radius 2 is 1.78 bits per heavy atom. The summed E-state index contributed by atoms with van der Waals surface area (Å²) in [6, 6.07) is 8.16. The first-order valence-corrected chi connectivity index (χ1v) is 9.20. The summed E-state index contributed by atoms with van der Waals surface area (Å²) in [5.41, 5.74) is 1.12. The molecular formula is C21H32N4O2. The predicted molar refractivity (Wildman–Crippen MR) is 109 cm³/mol. The lowest BCUT2D eigenvalue weighted by Gasteiger charge is -2.27. The van der Waals surface area contributed by atoms with E-state index in [-0.39, 0.29) is 10.8 Å². The van der Waals surface area contributed by atoms with Gasteiger partial charge in [0.1, 0.15) is 11.5 Å². The highest BCUT2D eigenvalue weighted by molar-refractivity contribution is 5.79. The number of rotatable bonds is 6. The molecule has 148 valence electrons. The molecule has 2 rings (SSSR count). The van der Waals surface area contributed by atoms with E-state index in [4.69, 9.17) is 9.15 Å². The Balaban J connectivity index is 1.91. The van der Waals surface area contributed by atoms with Crippen molar-refractivity contribution in [3.63, 3.8) is 0 Å². The summed E-state index contributed by atoms with van der Waals surface area (Å²) in [7, 11) is 3.43. The van der Waals surface area contributed by atoms with Crippen molar-refractivity contribution in [3.05, 3.63) is 47.7 Å². The number of guanidine groups is 1. The van der Waals surface area contributed by atoms with E-state index < -0.39 is 0 Å². The fraction of sp³-hybridized carbons (Fsp3) is 0.524. The summed E-state index contributed by atoms with van der Waals surface area (Å²) in [6.45, 7) is 11.9. The van der Waals surface area contributed by atoms with Crippen LogP contribution in [0.25, 0.3) is 0 Å². The largest absolute Gasteiger partial charge is 0.497 e. The highest BCUT2D eigenvalue weighted by atomic mass is 16.5. The minimum atomic E-state index is -0.0633. The Bertz CT molecular complexity index is 755. The van der Waals surface area contributed by atoms with Gasteiger partial charge in [-0.15, -0.1) is 0 Å². The molecule has 6 nitrogen and oxygen atoms in total. The van der Waals surface area contributed by atoms with Gasteiger partial charge in [-0.05, 0) is 17.7 Å². The Morgan fingerprint density at radius 1 is 1.11 bits per heavy atom. The van der Waals surface area contributed by atoms with Gasteiger partial charge >= 0.3 is 0 Å². The van der Waals surface area contributed by atoms with Crippen LogP contribution < -0.4 is 15.4 Å². The van der Waals surface area contributed by atoms with Gasteiger partial charge in [-0.2, -0.15) is 0 Å². The standard InChI is InChI=1S/C21H32N4O2/c1-20(2,3)17-12-23-18(27-17)13-24-19(22-6)25-14-21(4,5)15-8-10-16(26-7)11-9-15/h8-12H,13-14H2,1-7H3,(H2,22,24,25). The molecule has 0 saturated carbocycles. The van der Waals surface area contributed by atoms with Crippen molar-refractivity contribution in [1.82, 2.24) is 15.6 Å². The molecule has 0 bridgehead atoms. The second-order valence-electron chi connectivity index (χ2n) is 8.26. The first kappa shape index (κ1) is 20.8. The molecule has 0 aliphatic carbocycles. The highest BCUT2D eigenvalue weighted by Crippen LogP contribution is 2.25. The number of nitrogens with one attached hydrogen (secondary N) is 2. The van der Waals surface area contributed by atoms with Crippen molar-refractivity contribution in [2.45, 2.75) is 52.0 Å². The maximum Gasteiger partial charge on any atom is 0.213 e. The van der Waals surface area contributed by atoms with Gasteiger partial charge < -0.3 is 19.8 Å². The van der Waals surface area contributed by atoms with Crippen LogP contribution in [0.2, 0.25) is 0 Å². The van der Waals surface area contributed by atoms with E-state index in [0.717, 1.165) is 18.1 Å². The van der Waals surface area contributed by atoms with Crippen molar-refractivity contribution < 1.29 is 9.15 Å². The van der Waals surface area contributed by atoms with Gasteiger partial charge in [0, 0.05) is 24.4 Å². The van der Waals surface area contributed by atoms with Crippen LogP contribution in [0.3, 0.4) is 0 Å². The summed E-state index contributed by atoms with van der Waals surface area (Å²) in [4.78, 5) is 8.63. The van der Waals surface area contributed by atoms with E-state index in [0.29, 0.717) is 18.4 Å². The van der Waals surface area contributed by atoms with Crippen LogP contribution in [0, 0.1) is 0 Å². The van der Waals surface area contributed by atoms with Gasteiger partial charge in [0.05, 0.1) is 19.9 Å². The number of benzene rings is 1. The van der Waals surface area contributed by atoms with Crippen molar-refractivity contribution in [1.29, 1.82) is 0 Å². The van der Waals surface area contributed by atoms with Gasteiger partial charge in [-0.25, -0.2) is 4.98 Å².